The molecule has 0 radical (unpaired) electrons. The molecule has 0 bridgehead atoms. The number of carbonyl (C=O) groups excluding carboxylic acids is 4. The average Bonchev–Trinajstić information content (AvgIpc) is 3.35. The molecule has 0 rings (SSSR count). The highest BCUT2D eigenvalue weighted by molar-refractivity contribution is 5.70. The van der Waals surface area contributed by atoms with Crippen LogP contribution < -0.4 is 0 Å². The number of esters is 4. The smallest absolute Gasteiger partial charge is 0.306 e. The quantitative estimate of drug-likeness (QED) is 0.0337. The third-order valence-corrected chi connectivity index (χ3v) is 14.2. The van der Waals surface area contributed by atoms with Crippen LogP contribution in [0.2, 0.25) is 0 Å². The zero-order valence-corrected chi connectivity index (χ0v) is 47.2. The van der Waals surface area contributed by atoms with Crippen molar-refractivity contribution in [3.63, 3.8) is 0 Å². The van der Waals surface area contributed by atoms with Gasteiger partial charge in [0.15, 0.2) is 0 Å². The molecule has 414 valence electrons. The number of hydrogen-bond acceptors (Lipinski definition) is 8. The van der Waals surface area contributed by atoms with Gasteiger partial charge in [-0.05, 0) is 89.9 Å². The molecule has 8 nitrogen and oxygen atoms in total. The largest absolute Gasteiger partial charge is 0.466 e. The van der Waals surface area contributed by atoms with Crippen molar-refractivity contribution in [3.05, 3.63) is 0 Å². The Morgan fingerprint density at radius 1 is 0.243 bits per heavy atom. The van der Waals surface area contributed by atoms with E-state index in [1.807, 2.05) is 0 Å². The maximum Gasteiger partial charge on any atom is 0.306 e. The highest BCUT2D eigenvalue weighted by Crippen LogP contribution is 2.21. The van der Waals surface area contributed by atoms with E-state index in [1.165, 1.54) is 141 Å². The Morgan fingerprint density at radius 2 is 0.443 bits per heavy atom. The molecule has 0 saturated carbocycles. The van der Waals surface area contributed by atoms with Crippen molar-refractivity contribution in [2.24, 2.45) is 0 Å². The minimum absolute atomic E-state index is 0.00268. The second-order valence-electron chi connectivity index (χ2n) is 21.3. The molecule has 0 N–H and O–H groups in total. The van der Waals surface area contributed by atoms with Crippen LogP contribution in [0.4, 0.5) is 0 Å². The Labute approximate surface area is 434 Å². The lowest BCUT2D eigenvalue weighted by molar-refractivity contribution is -0.151. The van der Waals surface area contributed by atoms with Crippen LogP contribution in [0.5, 0.6) is 0 Å². The number of unbranched alkanes of at least 4 members (excludes halogenated alkanes) is 35. The Hall–Kier alpha value is -2.12. The number of hydrogen-bond donors (Lipinski definition) is 0. The lowest BCUT2D eigenvalue weighted by atomic mass is 10.0. The normalized spacial score (nSPS) is 12.2. The topological polar surface area (TPSA) is 105 Å². The molecule has 8 heteroatoms. The molecule has 0 aliphatic carbocycles. The summed E-state index contributed by atoms with van der Waals surface area (Å²) in [5.41, 5.74) is 0. The summed E-state index contributed by atoms with van der Waals surface area (Å²) < 4.78 is 23.0. The van der Waals surface area contributed by atoms with Crippen molar-refractivity contribution >= 4 is 23.9 Å². The summed E-state index contributed by atoms with van der Waals surface area (Å²) in [5.74, 6) is -0.122. The predicted molar refractivity (Wildman–Crippen MR) is 295 cm³/mol. The Balaban J connectivity index is 3.84. The second-order valence-corrected chi connectivity index (χ2v) is 21.3. The Morgan fingerprint density at radius 3 is 0.700 bits per heavy atom. The van der Waals surface area contributed by atoms with E-state index in [-0.39, 0.29) is 36.1 Å². The molecule has 70 heavy (non-hydrogen) atoms. The van der Waals surface area contributed by atoms with Gasteiger partial charge in [-0.1, -0.05) is 233 Å². The van der Waals surface area contributed by atoms with Crippen LogP contribution in [-0.2, 0) is 38.1 Å². The standard InChI is InChI=1S/C62H118O8/c1-5-9-13-17-21-30-38-48-58(70-62(66)54-44-28-16-12-8-4)50-40-32-26-34-42-52-60(64)68-56-46-36-25-20-19-24-35-45-55-67-59(63)51-41-33-23-22-31-39-49-57(47-37-29-18-14-10-6-2)69-61(65)53-43-27-15-11-7-3/h57-58H,5-56H2,1-4H3. The molecule has 0 spiro atoms. The van der Waals surface area contributed by atoms with Crippen LogP contribution in [0.15, 0.2) is 0 Å². The van der Waals surface area contributed by atoms with Gasteiger partial charge in [-0.2, -0.15) is 0 Å². The maximum atomic E-state index is 12.6. The molecule has 0 heterocycles. The number of carbonyl (C=O) groups is 4. The highest BCUT2D eigenvalue weighted by atomic mass is 16.6. The lowest BCUT2D eigenvalue weighted by Crippen LogP contribution is -2.18. The molecule has 0 saturated heterocycles. The Bertz CT molecular complexity index is 1130. The maximum absolute atomic E-state index is 12.6. The van der Waals surface area contributed by atoms with Crippen molar-refractivity contribution < 1.29 is 38.1 Å². The first-order chi connectivity index (χ1) is 34.4. The minimum atomic E-state index is -0.0637. The van der Waals surface area contributed by atoms with Crippen LogP contribution in [0.25, 0.3) is 0 Å². The van der Waals surface area contributed by atoms with Crippen LogP contribution in [-0.4, -0.2) is 49.3 Å². The van der Waals surface area contributed by atoms with Crippen molar-refractivity contribution in [2.75, 3.05) is 13.2 Å². The molecular weight excluding hydrogens is 873 g/mol. The first kappa shape index (κ1) is 67.9. The highest BCUT2D eigenvalue weighted by Gasteiger charge is 2.16. The number of ether oxygens (including phenoxy) is 4. The minimum Gasteiger partial charge on any atom is -0.466 e. The summed E-state index contributed by atoms with van der Waals surface area (Å²) >= 11 is 0. The van der Waals surface area contributed by atoms with Gasteiger partial charge in [0.2, 0.25) is 0 Å². The summed E-state index contributed by atoms with van der Waals surface area (Å²) in [6.07, 6.45) is 54.8. The first-order valence-electron chi connectivity index (χ1n) is 31.1. The predicted octanol–water partition coefficient (Wildman–Crippen LogP) is 19.5. The molecule has 0 aromatic heterocycles. The SMILES string of the molecule is CCCCCCCCCC(CCCCCCCC(=O)OCCCCCCCCCCOC(=O)CCCCCCCCC(CCCCCCCC)OC(=O)CCCCCCC)OC(=O)CCCCCCC. The zero-order valence-electron chi connectivity index (χ0n) is 47.2. The van der Waals surface area contributed by atoms with E-state index in [4.69, 9.17) is 18.9 Å². The molecule has 0 aromatic carbocycles. The third-order valence-electron chi connectivity index (χ3n) is 14.2. The second kappa shape index (κ2) is 56.2. The van der Waals surface area contributed by atoms with E-state index in [1.54, 1.807) is 0 Å². The fraction of sp³-hybridized carbons (Fsp3) is 0.935. The summed E-state index contributed by atoms with van der Waals surface area (Å²) in [7, 11) is 0. The molecule has 2 atom stereocenters. The summed E-state index contributed by atoms with van der Waals surface area (Å²) in [6.45, 7) is 10.0. The van der Waals surface area contributed by atoms with E-state index < -0.39 is 0 Å². The average molecular weight is 992 g/mol. The summed E-state index contributed by atoms with van der Waals surface area (Å²) in [4.78, 5) is 49.6. The van der Waals surface area contributed by atoms with Gasteiger partial charge >= 0.3 is 23.9 Å². The molecule has 0 aliphatic rings. The van der Waals surface area contributed by atoms with E-state index in [0.717, 1.165) is 154 Å². The molecular formula is C62H118O8. The first-order valence-corrected chi connectivity index (χ1v) is 31.1. The van der Waals surface area contributed by atoms with E-state index >= 15 is 0 Å². The molecule has 0 amide bonds. The monoisotopic (exact) mass is 991 g/mol. The van der Waals surface area contributed by atoms with Gasteiger partial charge in [-0.25, -0.2) is 0 Å². The van der Waals surface area contributed by atoms with Crippen molar-refractivity contribution in [1.29, 1.82) is 0 Å². The van der Waals surface area contributed by atoms with E-state index in [9.17, 15) is 19.2 Å². The molecule has 0 aliphatic heterocycles. The fourth-order valence-corrected chi connectivity index (χ4v) is 9.54. The van der Waals surface area contributed by atoms with E-state index in [0.29, 0.717) is 38.9 Å². The van der Waals surface area contributed by atoms with Crippen LogP contribution in [0.3, 0.4) is 0 Å². The van der Waals surface area contributed by atoms with Gasteiger partial charge in [0.25, 0.3) is 0 Å². The van der Waals surface area contributed by atoms with Crippen LogP contribution in [0, 0.1) is 0 Å². The van der Waals surface area contributed by atoms with Gasteiger partial charge in [-0.3, -0.25) is 19.2 Å². The zero-order chi connectivity index (χ0) is 51.1. The number of rotatable bonds is 57. The van der Waals surface area contributed by atoms with Crippen molar-refractivity contribution in [3.8, 4) is 0 Å². The third kappa shape index (κ3) is 52.2. The van der Waals surface area contributed by atoms with Crippen LogP contribution in [0.1, 0.15) is 349 Å². The van der Waals surface area contributed by atoms with Gasteiger partial charge in [-0.15, -0.1) is 0 Å². The van der Waals surface area contributed by atoms with Gasteiger partial charge in [0.05, 0.1) is 13.2 Å². The fourth-order valence-electron chi connectivity index (χ4n) is 9.54. The summed E-state index contributed by atoms with van der Waals surface area (Å²) in [6, 6.07) is 0. The summed E-state index contributed by atoms with van der Waals surface area (Å²) in [5, 5.41) is 0. The van der Waals surface area contributed by atoms with Gasteiger partial charge in [0, 0.05) is 25.7 Å². The molecule has 0 fully saturated rings. The van der Waals surface area contributed by atoms with Crippen molar-refractivity contribution in [2.45, 2.75) is 361 Å². The lowest BCUT2D eigenvalue weighted by Gasteiger charge is -2.18. The van der Waals surface area contributed by atoms with Crippen LogP contribution >= 0.6 is 0 Å². The van der Waals surface area contributed by atoms with Gasteiger partial charge in [0.1, 0.15) is 12.2 Å². The van der Waals surface area contributed by atoms with E-state index in [2.05, 4.69) is 27.7 Å². The van der Waals surface area contributed by atoms with Crippen molar-refractivity contribution in [1.82, 2.24) is 0 Å². The van der Waals surface area contributed by atoms with Gasteiger partial charge < -0.3 is 18.9 Å². The molecule has 2 unspecified atom stereocenters. The molecule has 0 aromatic rings. The Kier molecular flexibility index (Phi) is 54.5.